The van der Waals surface area contributed by atoms with E-state index in [2.05, 4.69) is 34.6 Å². The first-order valence-electron chi connectivity index (χ1n) is 4.18. The molecule has 1 rings (SSSR count). The maximum atomic E-state index is 5.85. The number of ether oxygens (including phenoxy) is 1. The van der Waals surface area contributed by atoms with E-state index in [1.54, 1.807) is 13.3 Å². The van der Waals surface area contributed by atoms with Crippen molar-refractivity contribution in [1.82, 2.24) is 9.78 Å². The van der Waals surface area contributed by atoms with E-state index in [1.165, 1.54) is 0 Å². The molecule has 0 aliphatic rings. The minimum absolute atomic E-state index is 0.244. The summed E-state index contributed by atoms with van der Waals surface area (Å²) in [5, 5.41) is 4.21. The van der Waals surface area contributed by atoms with Gasteiger partial charge in [-0.05, 0) is 29.0 Å². The van der Waals surface area contributed by atoms with Crippen LogP contribution in [-0.4, -0.2) is 23.5 Å². The Morgan fingerprint density at radius 3 is 2.85 bits per heavy atom. The van der Waals surface area contributed by atoms with Crippen LogP contribution in [0.5, 0.6) is 0 Å². The number of hydrogen-bond acceptors (Lipinski definition) is 3. The zero-order valence-corrected chi connectivity index (χ0v) is 9.98. The van der Waals surface area contributed by atoms with Gasteiger partial charge in [0.05, 0.1) is 22.4 Å². The Kier molecular flexibility index (Phi) is 3.98. The van der Waals surface area contributed by atoms with Gasteiger partial charge in [0, 0.05) is 7.11 Å². The largest absolute Gasteiger partial charge is 0.383 e. The lowest BCUT2D eigenvalue weighted by Crippen LogP contribution is -2.17. The Bertz CT molecular complexity index is 274. The molecule has 0 aromatic carbocycles. The second kappa shape index (κ2) is 4.80. The number of nitrogen functional groups attached to an aromatic ring is 1. The number of methoxy groups -OCH3 is 1. The summed E-state index contributed by atoms with van der Waals surface area (Å²) in [6, 6.07) is 0.244. The van der Waals surface area contributed by atoms with Crippen LogP contribution in [0.2, 0.25) is 0 Å². The molecule has 2 N–H and O–H groups in total. The van der Waals surface area contributed by atoms with Gasteiger partial charge in [-0.25, -0.2) is 4.68 Å². The van der Waals surface area contributed by atoms with Gasteiger partial charge in [0.25, 0.3) is 0 Å². The van der Waals surface area contributed by atoms with Gasteiger partial charge in [-0.1, -0.05) is 6.92 Å². The quantitative estimate of drug-likeness (QED) is 0.860. The SMILES string of the molecule is CCC(COC)n1ncc(I)c1N. The molecule has 5 heteroatoms. The van der Waals surface area contributed by atoms with Gasteiger partial charge in [-0.3, -0.25) is 0 Å². The van der Waals surface area contributed by atoms with Crippen molar-refractivity contribution in [3.63, 3.8) is 0 Å². The molecule has 1 aromatic heterocycles. The van der Waals surface area contributed by atoms with Crippen LogP contribution in [0, 0.1) is 3.57 Å². The molecule has 0 fully saturated rings. The molecular formula is C8H14IN3O. The molecule has 13 heavy (non-hydrogen) atoms. The fourth-order valence-electron chi connectivity index (χ4n) is 1.20. The summed E-state index contributed by atoms with van der Waals surface area (Å²) in [6.45, 7) is 2.75. The Labute approximate surface area is 91.6 Å². The molecular weight excluding hydrogens is 281 g/mol. The predicted octanol–water partition coefficient (Wildman–Crippen LogP) is 1.67. The third kappa shape index (κ3) is 2.34. The van der Waals surface area contributed by atoms with Crippen molar-refractivity contribution in [2.24, 2.45) is 0 Å². The lowest BCUT2D eigenvalue weighted by molar-refractivity contribution is 0.148. The molecule has 0 aliphatic heterocycles. The second-order valence-electron chi connectivity index (χ2n) is 2.84. The Morgan fingerprint density at radius 1 is 1.77 bits per heavy atom. The standard InChI is InChI=1S/C8H14IN3O/c1-3-6(5-13-2)12-8(10)7(9)4-11-12/h4,6H,3,5,10H2,1-2H3. The highest BCUT2D eigenvalue weighted by Gasteiger charge is 2.13. The van der Waals surface area contributed by atoms with Gasteiger partial charge in [0.15, 0.2) is 0 Å². The topological polar surface area (TPSA) is 53.1 Å². The number of anilines is 1. The van der Waals surface area contributed by atoms with Crippen LogP contribution in [0.1, 0.15) is 19.4 Å². The molecule has 1 heterocycles. The van der Waals surface area contributed by atoms with Crippen LogP contribution < -0.4 is 5.73 Å². The van der Waals surface area contributed by atoms with Crippen molar-refractivity contribution < 1.29 is 4.74 Å². The van der Waals surface area contributed by atoms with Crippen LogP contribution in [-0.2, 0) is 4.74 Å². The first-order valence-corrected chi connectivity index (χ1v) is 5.26. The van der Waals surface area contributed by atoms with Crippen molar-refractivity contribution in [1.29, 1.82) is 0 Å². The van der Waals surface area contributed by atoms with E-state index < -0.39 is 0 Å². The van der Waals surface area contributed by atoms with E-state index in [0.29, 0.717) is 6.61 Å². The van der Waals surface area contributed by atoms with Gasteiger partial charge < -0.3 is 10.5 Å². The summed E-state index contributed by atoms with van der Waals surface area (Å²) < 4.78 is 7.91. The van der Waals surface area contributed by atoms with E-state index >= 15 is 0 Å². The lowest BCUT2D eigenvalue weighted by Gasteiger charge is -2.15. The van der Waals surface area contributed by atoms with Crippen molar-refractivity contribution >= 4 is 28.4 Å². The molecule has 0 radical (unpaired) electrons. The van der Waals surface area contributed by atoms with Crippen molar-refractivity contribution in [3.8, 4) is 0 Å². The molecule has 1 aromatic rings. The third-order valence-corrected chi connectivity index (χ3v) is 2.79. The lowest BCUT2D eigenvalue weighted by atomic mass is 10.2. The molecule has 0 amide bonds. The minimum atomic E-state index is 0.244. The van der Waals surface area contributed by atoms with E-state index in [1.807, 2.05) is 4.68 Å². The molecule has 0 saturated carbocycles. The highest BCUT2D eigenvalue weighted by atomic mass is 127. The zero-order valence-electron chi connectivity index (χ0n) is 7.83. The van der Waals surface area contributed by atoms with Crippen molar-refractivity contribution in [3.05, 3.63) is 9.77 Å². The number of halogens is 1. The minimum Gasteiger partial charge on any atom is -0.383 e. The molecule has 74 valence electrons. The van der Waals surface area contributed by atoms with Crippen LogP contribution >= 0.6 is 22.6 Å². The highest BCUT2D eigenvalue weighted by molar-refractivity contribution is 14.1. The van der Waals surface area contributed by atoms with Crippen LogP contribution in [0.4, 0.5) is 5.82 Å². The Hall–Kier alpha value is -0.300. The zero-order chi connectivity index (χ0) is 9.84. The molecule has 4 nitrogen and oxygen atoms in total. The van der Waals surface area contributed by atoms with Crippen LogP contribution in [0.3, 0.4) is 0 Å². The van der Waals surface area contributed by atoms with Crippen molar-refractivity contribution in [2.45, 2.75) is 19.4 Å². The third-order valence-electron chi connectivity index (χ3n) is 1.96. The smallest absolute Gasteiger partial charge is 0.135 e. The van der Waals surface area contributed by atoms with Gasteiger partial charge in [0.1, 0.15) is 5.82 Å². The van der Waals surface area contributed by atoms with E-state index in [4.69, 9.17) is 10.5 Å². The summed E-state index contributed by atoms with van der Waals surface area (Å²) in [4.78, 5) is 0. The van der Waals surface area contributed by atoms with E-state index in [9.17, 15) is 0 Å². The number of aromatic nitrogens is 2. The van der Waals surface area contributed by atoms with Gasteiger partial charge >= 0.3 is 0 Å². The van der Waals surface area contributed by atoms with Gasteiger partial charge in [-0.2, -0.15) is 5.10 Å². The monoisotopic (exact) mass is 295 g/mol. The molecule has 0 spiro atoms. The number of rotatable bonds is 4. The second-order valence-corrected chi connectivity index (χ2v) is 4.00. The first kappa shape index (κ1) is 10.8. The summed E-state index contributed by atoms with van der Waals surface area (Å²) >= 11 is 2.17. The number of hydrogen-bond donors (Lipinski definition) is 1. The van der Waals surface area contributed by atoms with Crippen LogP contribution in [0.15, 0.2) is 6.20 Å². The summed E-state index contributed by atoms with van der Waals surface area (Å²) in [5.74, 6) is 0.726. The van der Waals surface area contributed by atoms with Crippen LogP contribution in [0.25, 0.3) is 0 Å². The molecule has 0 aliphatic carbocycles. The normalized spacial score (nSPS) is 13.2. The number of nitrogens with two attached hydrogens (primary N) is 1. The average Bonchev–Trinajstić information content (AvgIpc) is 2.45. The molecule has 1 unspecified atom stereocenters. The average molecular weight is 295 g/mol. The summed E-state index contributed by atoms with van der Waals surface area (Å²) in [5.41, 5.74) is 5.85. The fourth-order valence-corrected chi connectivity index (χ4v) is 1.57. The highest BCUT2D eigenvalue weighted by Crippen LogP contribution is 2.20. The Balaban J connectivity index is 2.84. The fraction of sp³-hybridized carbons (Fsp3) is 0.625. The number of nitrogens with zero attached hydrogens (tertiary/aromatic N) is 2. The maximum Gasteiger partial charge on any atom is 0.135 e. The molecule has 1 atom stereocenters. The van der Waals surface area contributed by atoms with E-state index in [-0.39, 0.29) is 6.04 Å². The van der Waals surface area contributed by atoms with Gasteiger partial charge in [0.2, 0.25) is 0 Å². The van der Waals surface area contributed by atoms with Crippen molar-refractivity contribution in [2.75, 3.05) is 19.5 Å². The van der Waals surface area contributed by atoms with Gasteiger partial charge in [-0.15, -0.1) is 0 Å². The van der Waals surface area contributed by atoms with E-state index in [0.717, 1.165) is 15.8 Å². The summed E-state index contributed by atoms with van der Waals surface area (Å²) in [6.07, 6.45) is 2.74. The molecule has 0 bridgehead atoms. The first-order chi connectivity index (χ1) is 6.20. The predicted molar refractivity (Wildman–Crippen MR) is 60.6 cm³/mol. The maximum absolute atomic E-state index is 5.85. The summed E-state index contributed by atoms with van der Waals surface area (Å²) in [7, 11) is 1.69. The molecule has 0 saturated heterocycles. The Morgan fingerprint density at radius 2 is 2.46 bits per heavy atom.